The van der Waals surface area contributed by atoms with Gasteiger partial charge in [-0.2, -0.15) is 0 Å². The summed E-state index contributed by atoms with van der Waals surface area (Å²) < 4.78 is 7.36. The minimum absolute atomic E-state index is 0.517. The van der Waals surface area contributed by atoms with Gasteiger partial charge < -0.3 is 10.1 Å². The number of hydrogen-bond donors (Lipinski definition) is 1. The zero-order chi connectivity index (χ0) is 16.4. The Bertz CT molecular complexity index is 819. The van der Waals surface area contributed by atoms with Crippen molar-refractivity contribution in [3.05, 3.63) is 42.9 Å². The molecule has 4 rings (SSSR count). The largest absolute Gasteiger partial charge is 0.497 e. The summed E-state index contributed by atoms with van der Waals surface area (Å²) in [7, 11) is 1.68. The van der Waals surface area contributed by atoms with Crippen molar-refractivity contribution in [1.82, 2.24) is 14.4 Å². The molecule has 3 aromatic rings. The van der Waals surface area contributed by atoms with Crippen molar-refractivity contribution in [3.63, 3.8) is 0 Å². The fourth-order valence-electron chi connectivity index (χ4n) is 3.44. The molecule has 0 spiro atoms. The third-order valence-electron chi connectivity index (χ3n) is 4.74. The molecular formula is C19H22N4O. The Morgan fingerprint density at radius 3 is 2.67 bits per heavy atom. The molecule has 2 aromatic heterocycles. The smallest absolute Gasteiger partial charge is 0.157 e. The fraction of sp³-hybridized carbons (Fsp3) is 0.368. The summed E-state index contributed by atoms with van der Waals surface area (Å²) in [5.74, 6) is 1.91. The Balaban J connectivity index is 1.76. The number of imidazole rings is 1. The number of nitrogens with zero attached hydrogens (tertiary/aromatic N) is 3. The van der Waals surface area contributed by atoms with Crippen LogP contribution in [0.2, 0.25) is 0 Å². The van der Waals surface area contributed by atoms with Crippen LogP contribution in [0.4, 0.5) is 5.82 Å². The van der Waals surface area contributed by atoms with Gasteiger partial charge in [-0.1, -0.05) is 19.3 Å². The van der Waals surface area contributed by atoms with Crippen molar-refractivity contribution in [2.24, 2.45) is 0 Å². The van der Waals surface area contributed by atoms with Crippen LogP contribution in [0.3, 0.4) is 0 Å². The van der Waals surface area contributed by atoms with Crippen molar-refractivity contribution in [1.29, 1.82) is 0 Å². The van der Waals surface area contributed by atoms with E-state index in [0.717, 1.165) is 28.5 Å². The van der Waals surface area contributed by atoms with Crippen molar-refractivity contribution in [2.75, 3.05) is 12.4 Å². The highest BCUT2D eigenvalue weighted by molar-refractivity contribution is 5.76. The van der Waals surface area contributed by atoms with Crippen LogP contribution < -0.4 is 10.1 Å². The van der Waals surface area contributed by atoms with Gasteiger partial charge in [-0.3, -0.25) is 9.38 Å². The second-order valence-electron chi connectivity index (χ2n) is 6.32. The predicted octanol–water partition coefficient (Wildman–Crippen LogP) is 4.15. The van der Waals surface area contributed by atoms with E-state index in [2.05, 4.69) is 26.8 Å². The maximum Gasteiger partial charge on any atom is 0.157 e. The van der Waals surface area contributed by atoms with Gasteiger partial charge in [0.1, 0.15) is 17.3 Å². The van der Waals surface area contributed by atoms with E-state index in [9.17, 15) is 0 Å². The van der Waals surface area contributed by atoms with E-state index in [1.54, 1.807) is 19.5 Å². The first-order valence-corrected chi connectivity index (χ1v) is 8.58. The zero-order valence-electron chi connectivity index (χ0n) is 13.9. The van der Waals surface area contributed by atoms with Crippen LogP contribution in [0.25, 0.3) is 16.9 Å². The molecule has 0 unspecified atom stereocenters. The topological polar surface area (TPSA) is 51.5 Å². The van der Waals surface area contributed by atoms with E-state index in [0.29, 0.717) is 6.04 Å². The van der Waals surface area contributed by atoms with Gasteiger partial charge in [0.25, 0.3) is 0 Å². The first-order chi connectivity index (χ1) is 11.8. The van der Waals surface area contributed by atoms with E-state index in [-0.39, 0.29) is 0 Å². The number of rotatable bonds is 4. The van der Waals surface area contributed by atoms with Crippen LogP contribution in [0, 0.1) is 0 Å². The molecule has 124 valence electrons. The standard InChI is InChI=1S/C19H22N4O/c1-24-16-9-7-14(8-10-16)18-19(21-15-5-3-2-4-6-15)23-12-11-20-13-17(23)22-18/h7-13,15,21H,2-6H2,1H3. The van der Waals surface area contributed by atoms with Gasteiger partial charge in [-0.05, 0) is 37.1 Å². The molecule has 0 amide bonds. The van der Waals surface area contributed by atoms with Crippen LogP contribution >= 0.6 is 0 Å². The van der Waals surface area contributed by atoms with E-state index in [4.69, 9.17) is 9.72 Å². The number of ether oxygens (including phenoxy) is 1. The first kappa shape index (κ1) is 15.0. The molecule has 0 saturated heterocycles. The molecule has 1 fully saturated rings. The Kier molecular flexibility index (Phi) is 4.07. The molecule has 0 radical (unpaired) electrons. The number of hydrogen-bond acceptors (Lipinski definition) is 4. The van der Waals surface area contributed by atoms with E-state index in [1.807, 2.05) is 18.3 Å². The van der Waals surface area contributed by atoms with Gasteiger partial charge >= 0.3 is 0 Å². The second kappa shape index (κ2) is 6.51. The lowest BCUT2D eigenvalue weighted by Crippen LogP contribution is -2.23. The third kappa shape index (κ3) is 2.82. The molecule has 1 aromatic carbocycles. The van der Waals surface area contributed by atoms with Gasteiger partial charge in [0, 0.05) is 24.0 Å². The number of methoxy groups -OCH3 is 1. The Morgan fingerprint density at radius 2 is 1.92 bits per heavy atom. The second-order valence-corrected chi connectivity index (χ2v) is 6.32. The number of fused-ring (bicyclic) bond motifs is 1. The number of benzene rings is 1. The SMILES string of the molecule is COc1ccc(-c2nc3cnccn3c2NC2CCCCC2)cc1. The summed E-state index contributed by atoms with van der Waals surface area (Å²) in [5, 5.41) is 3.74. The van der Waals surface area contributed by atoms with Crippen LogP contribution in [-0.2, 0) is 0 Å². The van der Waals surface area contributed by atoms with Crippen LogP contribution in [0.15, 0.2) is 42.9 Å². The molecule has 1 N–H and O–H groups in total. The molecule has 1 aliphatic rings. The highest BCUT2D eigenvalue weighted by Gasteiger charge is 2.19. The molecule has 0 bridgehead atoms. The summed E-state index contributed by atoms with van der Waals surface area (Å²) in [5.41, 5.74) is 2.91. The molecule has 5 nitrogen and oxygen atoms in total. The van der Waals surface area contributed by atoms with Crippen molar-refractivity contribution < 1.29 is 4.74 Å². The Morgan fingerprint density at radius 1 is 1.12 bits per heavy atom. The lowest BCUT2D eigenvalue weighted by molar-refractivity contribution is 0.415. The molecule has 2 heterocycles. The van der Waals surface area contributed by atoms with Crippen LogP contribution in [0.5, 0.6) is 5.75 Å². The van der Waals surface area contributed by atoms with E-state index >= 15 is 0 Å². The monoisotopic (exact) mass is 322 g/mol. The molecule has 1 saturated carbocycles. The first-order valence-electron chi connectivity index (χ1n) is 8.58. The van der Waals surface area contributed by atoms with Gasteiger partial charge in [-0.25, -0.2) is 4.98 Å². The van der Waals surface area contributed by atoms with E-state index in [1.165, 1.54) is 32.1 Å². The minimum Gasteiger partial charge on any atom is -0.497 e. The lowest BCUT2D eigenvalue weighted by atomic mass is 9.95. The zero-order valence-corrected chi connectivity index (χ0v) is 13.9. The fourth-order valence-corrected chi connectivity index (χ4v) is 3.44. The molecule has 1 aliphatic carbocycles. The average Bonchev–Trinajstić information content (AvgIpc) is 3.01. The molecule has 24 heavy (non-hydrogen) atoms. The van der Waals surface area contributed by atoms with Crippen LogP contribution in [0.1, 0.15) is 32.1 Å². The number of anilines is 1. The number of aromatic nitrogens is 3. The maximum atomic E-state index is 5.26. The molecular weight excluding hydrogens is 300 g/mol. The molecule has 0 aliphatic heterocycles. The van der Waals surface area contributed by atoms with Crippen molar-refractivity contribution in [3.8, 4) is 17.0 Å². The Labute approximate surface area is 141 Å². The summed E-state index contributed by atoms with van der Waals surface area (Å²) in [4.78, 5) is 9.01. The summed E-state index contributed by atoms with van der Waals surface area (Å²) in [6.07, 6.45) is 12.0. The van der Waals surface area contributed by atoms with E-state index < -0.39 is 0 Å². The lowest BCUT2D eigenvalue weighted by Gasteiger charge is -2.24. The predicted molar refractivity (Wildman–Crippen MR) is 95.5 cm³/mol. The maximum absolute atomic E-state index is 5.26. The van der Waals surface area contributed by atoms with Crippen molar-refractivity contribution >= 4 is 11.5 Å². The summed E-state index contributed by atoms with van der Waals surface area (Å²) >= 11 is 0. The molecule has 0 atom stereocenters. The summed E-state index contributed by atoms with van der Waals surface area (Å²) in [6.45, 7) is 0. The highest BCUT2D eigenvalue weighted by Crippen LogP contribution is 2.32. The van der Waals surface area contributed by atoms with Crippen LogP contribution in [-0.4, -0.2) is 27.5 Å². The quantitative estimate of drug-likeness (QED) is 0.784. The van der Waals surface area contributed by atoms with Crippen molar-refractivity contribution in [2.45, 2.75) is 38.1 Å². The van der Waals surface area contributed by atoms with Gasteiger partial charge in [0.2, 0.25) is 0 Å². The van der Waals surface area contributed by atoms with Gasteiger partial charge in [0.05, 0.1) is 13.3 Å². The normalized spacial score (nSPS) is 15.5. The Hall–Kier alpha value is -2.56. The minimum atomic E-state index is 0.517. The van der Waals surface area contributed by atoms with Gasteiger partial charge in [0.15, 0.2) is 5.65 Å². The average molecular weight is 322 g/mol. The third-order valence-corrected chi connectivity index (χ3v) is 4.74. The highest BCUT2D eigenvalue weighted by atomic mass is 16.5. The molecule has 5 heteroatoms. The number of nitrogens with one attached hydrogen (secondary N) is 1. The van der Waals surface area contributed by atoms with Gasteiger partial charge in [-0.15, -0.1) is 0 Å². The summed E-state index contributed by atoms with van der Waals surface area (Å²) in [6, 6.07) is 8.58.